The van der Waals surface area contributed by atoms with Gasteiger partial charge in [0.05, 0.1) is 0 Å². The average molecular weight is 627 g/mol. The second-order valence-electron chi connectivity index (χ2n) is 13.1. The lowest BCUT2D eigenvalue weighted by Crippen LogP contribution is -2.27. The maximum atomic E-state index is 2.60. The van der Waals surface area contributed by atoms with E-state index in [4.69, 9.17) is 0 Å². The van der Waals surface area contributed by atoms with Gasteiger partial charge in [-0.2, -0.15) is 0 Å². The van der Waals surface area contributed by atoms with Gasteiger partial charge < -0.3 is 0 Å². The molecule has 2 heteroatoms. The molecule has 0 aliphatic carbocycles. The fourth-order valence-corrected chi connectivity index (χ4v) is 11.9. The molecule has 0 spiro atoms. The van der Waals surface area contributed by atoms with Crippen molar-refractivity contribution in [2.75, 3.05) is 0 Å². The molecule has 0 N–H and O–H groups in total. The SMILES string of the molecule is CC(C)(C)c1cc2ccc3c(P(c4ccccc4)c4ccccc4)cc(P(c4ccccc4)c4ccccc4)c4ccc(c1)c2c34. The zero-order valence-electron chi connectivity index (χ0n) is 26.5. The summed E-state index contributed by atoms with van der Waals surface area (Å²) in [7, 11) is -1.63. The minimum absolute atomic E-state index is 0.0741. The first-order chi connectivity index (χ1) is 22.5. The highest BCUT2D eigenvalue weighted by molar-refractivity contribution is 7.81. The molecular weight excluding hydrogens is 590 g/mol. The van der Waals surface area contributed by atoms with E-state index < -0.39 is 15.8 Å². The van der Waals surface area contributed by atoms with Crippen LogP contribution in [0.1, 0.15) is 26.3 Å². The van der Waals surface area contributed by atoms with Crippen LogP contribution in [0, 0.1) is 0 Å². The Hall–Kier alpha value is -4.34. The summed E-state index contributed by atoms with van der Waals surface area (Å²) in [5, 5.41) is 16.6. The number of benzene rings is 8. The van der Waals surface area contributed by atoms with E-state index >= 15 is 0 Å². The van der Waals surface area contributed by atoms with Crippen molar-refractivity contribution in [3.05, 3.63) is 169 Å². The molecule has 0 aliphatic rings. The average Bonchev–Trinajstić information content (AvgIpc) is 3.09. The van der Waals surface area contributed by atoms with Gasteiger partial charge in [0.1, 0.15) is 0 Å². The van der Waals surface area contributed by atoms with Gasteiger partial charge in [-0.15, -0.1) is 0 Å². The lowest BCUT2D eigenvalue weighted by atomic mass is 9.83. The summed E-state index contributed by atoms with van der Waals surface area (Å²) in [6, 6.07) is 61.7. The molecule has 46 heavy (non-hydrogen) atoms. The predicted octanol–water partition coefficient (Wildman–Crippen LogP) is 9.40. The van der Waals surface area contributed by atoms with Gasteiger partial charge in [-0.1, -0.05) is 178 Å². The van der Waals surface area contributed by atoms with E-state index in [2.05, 4.69) is 185 Å². The minimum atomic E-state index is -0.816. The third-order valence-corrected chi connectivity index (χ3v) is 14.0. The van der Waals surface area contributed by atoms with Crippen molar-refractivity contribution >= 4 is 80.0 Å². The van der Waals surface area contributed by atoms with Gasteiger partial charge in [-0.3, -0.25) is 0 Å². The van der Waals surface area contributed by atoms with E-state index in [1.165, 1.54) is 69.7 Å². The van der Waals surface area contributed by atoms with Gasteiger partial charge in [0, 0.05) is 0 Å². The van der Waals surface area contributed by atoms with E-state index in [9.17, 15) is 0 Å². The summed E-state index contributed by atoms with van der Waals surface area (Å²) in [6.45, 7) is 6.95. The molecule has 0 saturated carbocycles. The van der Waals surface area contributed by atoms with Gasteiger partial charge in [0.25, 0.3) is 0 Å². The molecule has 222 valence electrons. The monoisotopic (exact) mass is 626 g/mol. The van der Waals surface area contributed by atoms with Gasteiger partial charge in [-0.05, 0) is 97.0 Å². The van der Waals surface area contributed by atoms with Crippen LogP contribution in [0.4, 0.5) is 0 Å². The molecule has 0 aliphatic heterocycles. The second kappa shape index (κ2) is 11.8. The number of hydrogen-bond acceptors (Lipinski definition) is 0. The molecule has 0 saturated heterocycles. The van der Waals surface area contributed by atoms with Crippen molar-refractivity contribution in [3.63, 3.8) is 0 Å². The summed E-state index contributed by atoms with van der Waals surface area (Å²) in [6.07, 6.45) is 0. The van der Waals surface area contributed by atoms with Crippen molar-refractivity contribution in [2.24, 2.45) is 0 Å². The summed E-state index contributed by atoms with van der Waals surface area (Å²) in [5.74, 6) is 0. The molecule has 0 bridgehead atoms. The zero-order valence-corrected chi connectivity index (χ0v) is 28.3. The Labute approximate surface area is 274 Å². The molecule has 0 radical (unpaired) electrons. The Morgan fingerprint density at radius 3 is 1.04 bits per heavy atom. The fourth-order valence-electron chi connectivity index (χ4n) is 6.84. The van der Waals surface area contributed by atoms with Crippen molar-refractivity contribution in [1.29, 1.82) is 0 Å². The lowest BCUT2D eigenvalue weighted by molar-refractivity contribution is 0.591. The summed E-state index contributed by atoms with van der Waals surface area (Å²) >= 11 is 0. The van der Waals surface area contributed by atoms with Crippen LogP contribution in [0.2, 0.25) is 0 Å². The van der Waals surface area contributed by atoms with E-state index in [0.29, 0.717) is 0 Å². The van der Waals surface area contributed by atoms with Gasteiger partial charge >= 0.3 is 0 Å². The third-order valence-electron chi connectivity index (χ3n) is 9.08. The Morgan fingerprint density at radius 2 is 0.717 bits per heavy atom. The lowest BCUT2D eigenvalue weighted by Gasteiger charge is -2.28. The Kier molecular flexibility index (Phi) is 7.45. The van der Waals surface area contributed by atoms with E-state index in [1.807, 2.05) is 0 Å². The zero-order chi connectivity index (χ0) is 31.3. The Morgan fingerprint density at radius 1 is 0.370 bits per heavy atom. The summed E-state index contributed by atoms with van der Waals surface area (Å²) in [4.78, 5) is 0. The van der Waals surface area contributed by atoms with E-state index in [0.717, 1.165) is 0 Å². The third kappa shape index (κ3) is 5.11. The number of rotatable bonds is 6. The topological polar surface area (TPSA) is 0 Å². The highest BCUT2D eigenvalue weighted by atomic mass is 31.1. The van der Waals surface area contributed by atoms with Gasteiger partial charge in [0.2, 0.25) is 0 Å². The molecule has 8 aromatic rings. The summed E-state index contributed by atoms with van der Waals surface area (Å²) in [5.41, 5.74) is 1.45. The van der Waals surface area contributed by atoms with Crippen LogP contribution in [0.3, 0.4) is 0 Å². The predicted molar refractivity (Wildman–Crippen MR) is 206 cm³/mol. The van der Waals surface area contributed by atoms with Crippen LogP contribution < -0.4 is 31.8 Å². The Balaban J connectivity index is 1.54. The first-order valence-electron chi connectivity index (χ1n) is 16.0. The quantitative estimate of drug-likeness (QED) is 0.127. The van der Waals surface area contributed by atoms with Gasteiger partial charge in [-0.25, -0.2) is 0 Å². The highest BCUT2D eigenvalue weighted by Gasteiger charge is 2.27. The van der Waals surface area contributed by atoms with Crippen LogP contribution in [0.25, 0.3) is 32.3 Å². The van der Waals surface area contributed by atoms with E-state index in [-0.39, 0.29) is 5.41 Å². The minimum Gasteiger partial charge on any atom is -0.0622 e. The molecule has 8 rings (SSSR count). The van der Waals surface area contributed by atoms with Crippen LogP contribution in [-0.2, 0) is 5.41 Å². The van der Waals surface area contributed by atoms with Crippen LogP contribution in [0.5, 0.6) is 0 Å². The molecule has 0 heterocycles. The largest absolute Gasteiger partial charge is 0.0622 e. The van der Waals surface area contributed by atoms with Crippen molar-refractivity contribution in [2.45, 2.75) is 26.2 Å². The molecular formula is C44H36P2. The molecule has 0 amide bonds. The molecule has 0 nitrogen and oxygen atoms in total. The first kappa shape index (κ1) is 29.1. The van der Waals surface area contributed by atoms with Crippen molar-refractivity contribution in [1.82, 2.24) is 0 Å². The summed E-state index contributed by atoms with van der Waals surface area (Å²) < 4.78 is 0. The number of hydrogen-bond donors (Lipinski definition) is 0. The standard InChI is InChI=1S/C44H36P2/c1-44(2,3)33-28-31-24-26-38-40(45(34-16-8-4-9-17-34)35-18-10-5-11-19-35)30-41(39-27-25-32(29-33)42(31)43(38)39)46(36-20-12-6-13-21-36)37-22-14-7-15-23-37/h4-30H,1-3H3. The maximum absolute atomic E-state index is 2.60. The van der Waals surface area contributed by atoms with Gasteiger partial charge in [0.15, 0.2) is 0 Å². The Bertz CT molecular complexity index is 2040. The highest BCUT2D eigenvalue weighted by Crippen LogP contribution is 2.45. The first-order valence-corrected chi connectivity index (χ1v) is 18.7. The fraction of sp³-hybridized carbons (Fsp3) is 0.0909. The maximum Gasteiger partial charge on any atom is -0.00135 e. The second-order valence-corrected chi connectivity index (χ2v) is 17.4. The molecule has 0 aromatic heterocycles. The smallest absolute Gasteiger partial charge is 0.00135 e. The molecule has 0 atom stereocenters. The van der Waals surface area contributed by atoms with E-state index in [1.54, 1.807) is 0 Å². The van der Waals surface area contributed by atoms with Crippen molar-refractivity contribution in [3.8, 4) is 0 Å². The molecule has 0 fully saturated rings. The van der Waals surface area contributed by atoms with Crippen LogP contribution in [0.15, 0.2) is 164 Å². The molecule has 8 aromatic carbocycles. The van der Waals surface area contributed by atoms with Crippen molar-refractivity contribution < 1.29 is 0 Å². The normalized spacial score (nSPS) is 12.2. The molecule has 0 unspecified atom stereocenters. The van der Waals surface area contributed by atoms with Crippen LogP contribution in [-0.4, -0.2) is 0 Å². The van der Waals surface area contributed by atoms with Crippen LogP contribution >= 0.6 is 15.8 Å².